The number of rotatable bonds is 44. The Hall–Kier alpha value is -6.10. The number of aryl methyl sites for hydroxylation is 1. The quantitative estimate of drug-likeness (QED) is 0.00253. The van der Waals surface area contributed by atoms with E-state index >= 15 is 0 Å². The van der Waals surface area contributed by atoms with Gasteiger partial charge >= 0.3 is 23.5 Å². The van der Waals surface area contributed by atoms with Crippen LogP contribution in [0.25, 0.3) is 11.0 Å². The Morgan fingerprint density at radius 3 is 2.38 bits per heavy atom. The number of hydrogen-bond acceptors (Lipinski definition) is 24. The topological polar surface area (TPSA) is 431 Å². The minimum absolute atomic E-state index is 0.00119. The summed E-state index contributed by atoms with van der Waals surface area (Å²) in [5.74, 6) is 4.79. The summed E-state index contributed by atoms with van der Waals surface area (Å²) in [5, 5.41) is 8.42. The summed E-state index contributed by atoms with van der Waals surface area (Å²) in [6.45, 7) is 21.9. The molecule has 0 spiro atoms. The van der Waals surface area contributed by atoms with Crippen molar-refractivity contribution in [3.63, 3.8) is 0 Å². The molecule has 3 aliphatic heterocycles. The van der Waals surface area contributed by atoms with E-state index in [1.807, 2.05) is 6.26 Å². The van der Waals surface area contributed by atoms with Gasteiger partial charge in [-0.15, -0.1) is 0 Å². The summed E-state index contributed by atoms with van der Waals surface area (Å²) in [6, 6.07) is 18.3. The maximum Gasteiger partial charge on any atom is 0.490 e. The largest absolute Gasteiger partial charge is 0.490 e. The van der Waals surface area contributed by atoms with Crippen molar-refractivity contribution in [3.8, 4) is 17.6 Å². The van der Waals surface area contributed by atoms with Gasteiger partial charge in [0, 0.05) is 89.9 Å². The maximum atomic E-state index is 13.4. The van der Waals surface area contributed by atoms with E-state index in [0.29, 0.717) is 24.2 Å². The fraction of sp³-hybridized carbons (Fsp3) is 0.520. The summed E-state index contributed by atoms with van der Waals surface area (Å²) in [6.07, 6.45) is 17.7. The molecule has 8 atom stereocenters. The third-order valence-corrected chi connectivity index (χ3v) is 28.6. The molecule has 5 unspecified atom stereocenters. The molecular formula is C75H105N9O22P3S5+. The fourth-order valence-electron chi connectivity index (χ4n) is 13.2. The van der Waals surface area contributed by atoms with Gasteiger partial charge in [0.05, 0.1) is 53.7 Å². The number of hydrogen-bond donors (Lipinski definition) is 10. The number of carbonyl (C=O) groups excluding carboxylic acids is 3. The van der Waals surface area contributed by atoms with Crippen molar-refractivity contribution in [2.24, 2.45) is 0 Å². The number of aromatic nitrogens is 3. The number of carbonyl (C=O) groups is 3. The third kappa shape index (κ3) is 27.2. The molecule has 0 radical (unpaired) electrons. The van der Waals surface area contributed by atoms with Crippen LogP contribution < -0.4 is 36.9 Å². The lowest BCUT2D eigenvalue weighted by Gasteiger charge is -2.30. The Morgan fingerprint density at radius 1 is 0.904 bits per heavy atom. The van der Waals surface area contributed by atoms with Gasteiger partial charge in [-0.1, -0.05) is 151 Å². The molecular weight excluding hydrogens is 1630 g/mol. The number of nitrogens with two attached hydrogens (primary N) is 1. The molecule has 31 nitrogen and oxygen atoms in total. The van der Waals surface area contributed by atoms with Crippen LogP contribution in [0.1, 0.15) is 165 Å². The molecule has 2 aromatic heterocycles. The lowest BCUT2D eigenvalue weighted by atomic mass is 9.77. The van der Waals surface area contributed by atoms with Crippen molar-refractivity contribution in [2.45, 2.75) is 183 Å². The first kappa shape index (κ1) is 93.4. The minimum atomic E-state index is -5.82. The molecule has 5 aromatic rings. The van der Waals surface area contributed by atoms with E-state index < -0.39 is 86.4 Å². The number of ether oxygens (including phenoxy) is 5. The maximum absolute atomic E-state index is 13.4. The smallest absolute Gasteiger partial charge is 0.490 e. The van der Waals surface area contributed by atoms with Crippen LogP contribution in [-0.4, -0.2) is 175 Å². The Kier molecular flexibility index (Phi) is 34.4. The normalized spacial score (nSPS) is 19.6. The molecule has 1 saturated heterocycles. The van der Waals surface area contributed by atoms with Gasteiger partial charge in [-0.2, -0.15) is 26.6 Å². The first-order valence-corrected chi connectivity index (χ1v) is 48.0. The van der Waals surface area contributed by atoms with E-state index in [2.05, 4.69) is 167 Å². The molecule has 3 amide bonds. The van der Waals surface area contributed by atoms with E-state index in [-0.39, 0.29) is 108 Å². The van der Waals surface area contributed by atoms with Crippen LogP contribution in [0.15, 0.2) is 113 Å². The third-order valence-electron chi connectivity index (χ3n) is 18.4. The van der Waals surface area contributed by atoms with Crippen LogP contribution >= 0.6 is 66.6 Å². The van der Waals surface area contributed by atoms with Crippen molar-refractivity contribution < 1.29 is 102 Å². The number of phosphoric ester groups is 1. The van der Waals surface area contributed by atoms with E-state index in [1.165, 1.54) is 71.7 Å². The van der Waals surface area contributed by atoms with Crippen LogP contribution in [0.4, 0.5) is 17.3 Å². The number of aromatic amines is 1. The molecule has 5 heterocycles. The number of anilines is 2. The molecule has 626 valence electrons. The van der Waals surface area contributed by atoms with Crippen molar-refractivity contribution >= 4 is 129 Å². The Labute approximate surface area is 681 Å². The van der Waals surface area contributed by atoms with Crippen LogP contribution in [0.5, 0.6) is 5.75 Å². The lowest BCUT2D eigenvalue weighted by molar-refractivity contribution is -0.438. The standard InChI is InChI=1S/C75H104N9O22P3S5/c1-12-14-38-82-58-32-30-50(3)42-56(58)74(8,9)62(82)27-18-16-19-28-63-75(10,57-44-55(114(96,97)98)31-33-59(57)83(63)39-15-13-2)34-21-17-20-29-64(85)78-36-37-79-70(87)52-24-22-26-54(43-52)101-49-67(112-113-73(5,6)7)100-41-40-99-48-65(86)77-35-23-25-53-46-84(69-68(53)71(88)81-72(76)80-69)66-45-60(103-51(4)111-110-11)61(104-66)47-102-108(92,93)106-109(94,95)105-107(89,90)91/h16,18-19,22,24,26-28,30-33,42-44,46,51,60-61,66-67H,12-15,17,20-21,29,34-41,45,47-49H2,1-11H3,(H10-,76,77,78,79,80,81,85,86,87,88,89,90,91,92,93,94,95,96,97,98)/p+1/t51-,60?,61+,66+,67?,75?/m0/s1. The fourth-order valence-corrected chi connectivity index (χ4v) is 20.3. The number of amides is 3. The predicted molar refractivity (Wildman–Crippen MR) is 445 cm³/mol. The molecule has 0 bridgehead atoms. The highest BCUT2D eigenvalue weighted by atomic mass is 33.1. The van der Waals surface area contributed by atoms with Gasteiger partial charge in [-0.25, -0.2) is 13.7 Å². The monoisotopic (exact) mass is 1740 g/mol. The minimum Gasteiger partial charge on any atom is -0.490 e. The zero-order valence-electron chi connectivity index (χ0n) is 65.7. The molecule has 114 heavy (non-hydrogen) atoms. The van der Waals surface area contributed by atoms with Crippen LogP contribution in [-0.2, 0) is 76.3 Å². The van der Waals surface area contributed by atoms with Crippen molar-refractivity contribution in [1.82, 2.24) is 30.5 Å². The number of phosphoric acid groups is 3. The summed E-state index contributed by atoms with van der Waals surface area (Å²) in [4.78, 5) is 99.3. The molecule has 1 fully saturated rings. The van der Waals surface area contributed by atoms with Crippen molar-refractivity contribution in [2.75, 3.05) is 82.6 Å². The van der Waals surface area contributed by atoms with E-state index in [1.54, 1.807) is 54.1 Å². The second kappa shape index (κ2) is 42.0. The molecule has 0 saturated carbocycles. The van der Waals surface area contributed by atoms with E-state index in [4.69, 9.17) is 43.7 Å². The Morgan fingerprint density at radius 2 is 1.66 bits per heavy atom. The number of nitrogens with one attached hydrogen (secondary N) is 4. The lowest BCUT2D eigenvalue weighted by Crippen LogP contribution is -2.34. The molecule has 0 aliphatic carbocycles. The number of benzene rings is 3. The first-order valence-electron chi connectivity index (χ1n) is 37.2. The molecule has 3 aromatic carbocycles. The highest BCUT2D eigenvalue weighted by Gasteiger charge is 2.47. The summed E-state index contributed by atoms with van der Waals surface area (Å²) in [7, 11) is -15.8. The molecule has 39 heteroatoms. The van der Waals surface area contributed by atoms with Crippen molar-refractivity contribution in [1.29, 1.82) is 0 Å². The van der Waals surface area contributed by atoms with Crippen LogP contribution in [0.3, 0.4) is 0 Å². The molecule has 3 aliphatic rings. The number of allylic oxidation sites excluding steroid dienone is 6. The molecule has 8 rings (SSSR count). The van der Waals surface area contributed by atoms with Gasteiger partial charge in [-0.05, 0) is 114 Å². The zero-order valence-corrected chi connectivity index (χ0v) is 72.5. The number of fused-ring (bicyclic) bond motifs is 3. The summed E-state index contributed by atoms with van der Waals surface area (Å²) >= 11 is 0. The van der Waals surface area contributed by atoms with Crippen LogP contribution in [0, 0.1) is 18.8 Å². The number of nitrogen functional groups attached to an aromatic ring is 1. The second-order valence-corrected chi connectivity index (χ2v) is 40.7. The number of unbranched alkanes of at least 4 members (excludes halogenated alkanes) is 4. The van der Waals surface area contributed by atoms with Gasteiger partial charge < -0.3 is 74.4 Å². The van der Waals surface area contributed by atoms with Gasteiger partial charge in [0.2, 0.25) is 23.5 Å². The highest BCUT2D eigenvalue weighted by Crippen LogP contribution is 2.66. The zero-order chi connectivity index (χ0) is 83.4. The SMILES string of the molecule is CCCCN1\C(=C/C=C/C=C/C2=[N+](CCCC)c3ccc(C)cc3C2(C)C)C(C)(CCCCCC(=O)NCCNC(=O)c2cccc(OCC(OCCOCC(=O)NCC#Cc3cn([C@H]4CC(O[C@H](C)SSC)[C@@H](COP(=O)(O)OP(=O)(O)OP(=O)(O)O)O4)c4nc(N)[nH]c(=O)c34)SSC(C)(C)C)c2)c2cc(S(=O)(=O)O)ccc21. The van der Waals surface area contributed by atoms with E-state index in [9.17, 15) is 55.6 Å². The van der Waals surface area contributed by atoms with Gasteiger partial charge in [0.1, 0.15) is 48.7 Å². The first-order chi connectivity index (χ1) is 53.7. The number of H-pyrrole nitrogens is 1. The highest BCUT2D eigenvalue weighted by molar-refractivity contribution is 8.77. The summed E-state index contributed by atoms with van der Waals surface area (Å²) < 4.78 is 118. The number of nitrogens with zero attached hydrogens (tertiary/aromatic N) is 4. The second-order valence-electron chi connectivity index (χ2n) is 28.9. The Bertz CT molecular complexity index is 4750. The average molecular weight is 1740 g/mol. The van der Waals surface area contributed by atoms with Gasteiger partial charge in [0.15, 0.2) is 11.4 Å². The Balaban J connectivity index is 0.780. The van der Waals surface area contributed by atoms with Gasteiger partial charge in [-0.3, -0.25) is 33.2 Å². The molecule has 11 N–H and O–H groups in total. The van der Waals surface area contributed by atoms with Crippen molar-refractivity contribution in [3.05, 3.63) is 141 Å². The van der Waals surface area contributed by atoms with Crippen LogP contribution in [0.2, 0.25) is 0 Å². The average Bonchev–Trinajstić information content (AvgIpc) is 1.60. The summed E-state index contributed by atoms with van der Waals surface area (Å²) in [5.41, 5.74) is 11.8. The van der Waals surface area contributed by atoms with E-state index in [0.717, 1.165) is 68.6 Å². The predicted octanol–water partition coefficient (Wildman–Crippen LogP) is 12.6. The van der Waals surface area contributed by atoms with Gasteiger partial charge in [0.25, 0.3) is 21.6 Å².